The largest absolute Gasteiger partial charge is 0.349 e. The third-order valence-electron chi connectivity index (χ3n) is 7.43. The number of likely N-dealkylation sites (N-methyl/N-ethyl adjacent to an activating group) is 1. The van der Waals surface area contributed by atoms with Crippen molar-refractivity contribution < 1.29 is 18.8 Å². The molecule has 0 bridgehead atoms. The fourth-order valence-corrected chi connectivity index (χ4v) is 5.51. The highest BCUT2D eigenvalue weighted by Crippen LogP contribution is 2.31. The van der Waals surface area contributed by atoms with E-state index in [1.807, 2.05) is 49.2 Å². The third-order valence-corrected chi connectivity index (χ3v) is 7.60. The predicted octanol–water partition coefficient (Wildman–Crippen LogP) is 3.64. The quantitative estimate of drug-likeness (QED) is 0.230. The van der Waals surface area contributed by atoms with Gasteiger partial charge in [0.1, 0.15) is 6.61 Å². The van der Waals surface area contributed by atoms with E-state index in [1.165, 1.54) is 0 Å². The number of carbonyl (C=O) groups excluding carboxylic acids is 2. The number of hydroxylamine groups is 2. The smallest absolute Gasteiger partial charge is 0.243 e. The van der Waals surface area contributed by atoms with E-state index in [-0.39, 0.29) is 42.0 Å². The van der Waals surface area contributed by atoms with Crippen molar-refractivity contribution in [1.29, 1.82) is 0 Å². The Balaban J connectivity index is 1.43. The summed E-state index contributed by atoms with van der Waals surface area (Å²) in [6.45, 7) is 4.36. The summed E-state index contributed by atoms with van der Waals surface area (Å²) in [5.74, 6) is -1.39. The van der Waals surface area contributed by atoms with Crippen molar-refractivity contribution in [2.75, 3.05) is 43.6 Å². The number of aromatic nitrogens is 2. The summed E-state index contributed by atoms with van der Waals surface area (Å²) in [6.07, 6.45) is 5.48. The number of amides is 2. The van der Waals surface area contributed by atoms with E-state index in [0.717, 1.165) is 49.4 Å². The van der Waals surface area contributed by atoms with Crippen LogP contribution in [0.5, 0.6) is 0 Å². The van der Waals surface area contributed by atoms with Gasteiger partial charge in [-0.25, -0.2) is 5.06 Å². The third kappa shape index (κ3) is 8.00. The molecule has 12 heteroatoms. The summed E-state index contributed by atoms with van der Waals surface area (Å²) >= 11 is 6.14. The zero-order valence-corrected chi connectivity index (χ0v) is 23.2. The highest BCUT2D eigenvalue weighted by atomic mass is 35.5. The second-order valence-corrected chi connectivity index (χ2v) is 10.8. The zero-order chi connectivity index (χ0) is 27.8. The zero-order valence-electron chi connectivity index (χ0n) is 22.5. The SMILES string of the molecule is C[C@@H]1CN(C)CCN1c1nc(Cl)nc(NNC(=O)[C@H](CC2CCCC2)CN(C=O)OCc2ccccc2)c1F. The lowest BCUT2D eigenvalue weighted by Gasteiger charge is -2.39. The van der Waals surface area contributed by atoms with Crippen LogP contribution in [-0.2, 0) is 21.0 Å². The Kier molecular flexibility index (Phi) is 10.3. The van der Waals surface area contributed by atoms with Crippen LogP contribution in [0.25, 0.3) is 0 Å². The summed E-state index contributed by atoms with van der Waals surface area (Å²) in [6, 6.07) is 9.49. The average Bonchev–Trinajstić information content (AvgIpc) is 3.44. The Labute approximate surface area is 233 Å². The number of anilines is 2. The minimum absolute atomic E-state index is 0.0210. The number of hydrogen-bond donors (Lipinski definition) is 2. The fraction of sp³-hybridized carbons (Fsp3) is 0.556. The lowest BCUT2D eigenvalue weighted by atomic mass is 9.92. The van der Waals surface area contributed by atoms with Crippen molar-refractivity contribution in [2.24, 2.45) is 11.8 Å². The van der Waals surface area contributed by atoms with Crippen LogP contribution in [0.3, 0.4) is 0 Å². The highest BCUT2D eigenvalue weighted by molar-refractivity contribution is 6.28. The molecule has 1 aliphatic carbocycles. The normalized spacial score (nSPS) is 19.1. The molecular weight excluding hydrogens is 525 g/mol. The van der Waals surface area contributed by atoms with Crippen LogP contribution in [-0.4, -0.2) is 71.5 Å². The summed E-state index contributed by atoms with van der Waals surface area (Å²) in [5, 5.41) is 1.03. The van der Waals surface area contributed by atoms with E-state index in [9.17, 15) is 9.59 Å². The molecule has 10 nitrogen and oxygen atoms in total. The van der Waals surface area contributed by atoms with Crippen molar-refractivity contribution in [3.63, 3.8) is 0 Å². The fourth-order valence-electron chi connectivity index (χ4n) is 5.35. The van der Waals surface area contributed by atoms with Gasteiger partial charge in [0, 0.05) is 25.7 Å². The molecule has 1 aromatic heterocycles. The second kappa shape index (κ2) is 13.9. The van der Waals surface area contributed by atoms with Gasteiger partial charge in [-0.2, -0.15) is 14.4 Å². The number of benzene rings is 1. The predicted molar refractivity (Wildman–Crippen MR) is 147 cm³/mol. The van der Waals surface area contributed by atoms with E-state index in [2.05, 4.69) is 25.7 Å². The number of piperazine rings is 1. The Morgan fingerprint density at radius 3 is 2.69 bits per heavy atom. The first-order valence-corrected chi connectivity index (χ1v) is 13.8. The van der Waals surface area contributed by atoms with Gasteiger partial charge in [-0.15, -0.1) is 0 Å². The molecular formula is C27H37ClFN7O3. The van der Waals surface area contributed by atoms with E-state index >= 15 is 4.39 Å². The molecule has 39 heavy (non-hydrogen) atoms. The van der Waals surface area contributed by atoms with Gasteiger partial charge in [-0.05, 0) is 43.5 Å². The molecule has 2 aliphatic rings. The van der Waals surface area contributed by atoms with Crippen LogP contribution in [0.15, 0.2) is 30.3 Å². The topological polar surface area (TPSA) is 103 Å². The minimum Gasteiger partial charge on any atom is -0.349 e. The minimum atomic E-state index is -0.691. The summed E-state index contributed by atoms with van der Waals surface area (Å²) in [4.78, 5) is 42.9. The van der Waals surface area contributed by atoms with Gasteiger partial charge in [0.05, 0.1) is 12.5 Å². The van der Waals surface area contributed by atoms with Crippen LogP contribution in [0.2, 0.25) is 5.28 Å². The van der Waals surface area contributed by atoms with Gasteiger partial charge in [-0.3, -0.25) is 25.3 Å². The number of halogens is 2. The molecule has 212 valence electrons. The Morgan fingerprint density at radius 2 is 2.00 bits per heavy atom. The van der Waals surface area contributed by atoms with Crippen molar-refractivity contribution in [3.8, 4) is 0 Å². The number of nitrogens with zero attached hydrogens (tertiary/aromatic N) is 5. The van der Waals surface area contributed by atoms with Crippen LogP contribution < -0.4 is 15.8 Å². The van der Waals surface area contributed by atoms with E-state index < -0.39 is 11.7 Å². The summed E-state index contributed by atoms with van der Waals surface area (Å²) in [7, 11) is 2.01. The van der Waals surface area contributed by atoms with Crippen LogP contribution in [0.4, 0.5) is 16.0 Å². The first-order chi connectivity index (χ1) is 18.8. The molecule has 1 aliphatic heterocycles. The Hall–Kier alpha value is -3.02. The lowest BCUT2D eigenvalue weighted by Crippen LogP contribution is -2.51. The van der Waals surface area contributed by atoms with Crippen molar-refractivity contribution in [3.05, 3.63) is 47.0 Å². The van der Waals surface area contributed by atoms with Gasteiger partial charge >= 0.3 is 0 Å². The molecule has 1 saturated carbocycles. The van der Waals surface area contributed by atoms with Crippen LogP contribution in [0, 0.1) is 17.7 Å². The molecule has 0 unspecified atom stereocenters. The number of hydrogen-bond acceptors (Lipinski definition) is 8. The number of carbonyl (C=O) groups is 2. The molecule has 2 amide bonds. The summed E-state index contributed by atoms with van der Waals surface area (Å²) in [5.41, 5.74) is 6.11. The average molecular weight is 562 g/mol. The highest BCUT2D eigenvalue weighted by Gasteiger charge is 2.30. The molecule has 1 saturated heterocycles. The molecule has 2 atom stereocenters. The van der Waals surface area contributed by atoms with Gasteiger partial charge in [-0.1, -0.05) is 56.0 Å². The lowest BCUT2D eigenvalue weighted by molar-refractivity contribution is -0.182. The maximum Gasteiger partial charge on any atom is 0.243 e. The van der Waals surface area contributed by atoms with Gasteiger partial charge < -0.3 is 9.80 Å². The van der Waals surface area contributed by atoms with Crippen LogP contribution in [0.1, 0.15) is 44.6 Å². The molecule has 1 aromatic carbocycles. The van der Waals surface area contributed by atoms with Crippen LogP contribution >= 0.6 is 11.6 Å². The monoisotopic (exact) mass is 561 g/mol. The molecule has 2 N–H and O–H groups in total. The molecule has 4 rings (SSSR count). The van der Waals surface area contributed by atoms with Crippen molar-refractivity contribution >= 4 is 35.6 Å². The van der Waals surface area contributed by atoms with E-state index in [0.29, 0.717) is 25.3 Å². The van der Waals surface area contributed by atoms with Crippen molar-refractivity contribution in [1.82, 2.24) is 25.4 Å². The summed E-state index contributed by atoms with van der Waals surface area (Å²) < 4.78 is 15.5. The number of hydrazine groups is 1. The number of nitrogens with one attached hydrogen (secondary N) is 2. The molecule has 2 heterocycles. The van der Waals surface area contributed by atoms with Gasteiger partial charge in [0.2, 0.25) is 23.4 Å². The first-order valence-electron chi connectivity index (χ1n) is 13.5. The maximum absolute atomic E-state index is 15.5. The molecule has 2 fully saturated rings. The van der Waals surface area contributed by atoms with Gasteiger partial charge in [0.15, 0.2) is 11.6 Å². The molecule has 2 aromatic rings. The van der Waals surface area contributed by atoms with E-state index in [4.69, 9.17) is 16.4 Å². The number of rotatable bonds is 12. The Morgan fingerprint density at radius 1 is 1.26 bits per heavy atom. The van der Waals surface area contributed by atoms with Gasteiger partial charge in [0.25, 0.3) is 0 Å². The molecule has 0 radical (unpaired) electrons. The van der Waals surface area contributed by atoms with E-state index in [1.54, 1.807) is 0 Å². The Bertz CT molecular complexity index is 1110. The second-order valence-electron chi connectivity index (χ2n) is 10.4. The van der Waals surface area contributed by atoms with Crippen molar-refractivity contribution in [2.45, 2.75) is 51.7 Å². The maximum atomic E-state index is 15.5. The molecule has 0 spiro atoms. The first kappa shape index (κ1) is 29.0. The standard InChI is InChI=1S/C27H37ClFN7O3/c1-19-15-34(2)12-13-36(19)25-23(29)24(30-27(28)31-25)32-33-26(38)22(14-20-8-6-7-9-20)16-35(18-37)39-17-21-10-4-3-5-11-21/h3-5,10-11,18-20,22H,6-9,12-17H2,1-2H3,(H,33,38)(H,30,31,32)/t19-,22-/m1/s1.